The van der Waals surface area contributed by atoms with Crippen molar-refractivity contribution in [2.75, 3.05) is 9.80 Å². The summed E-state index contributed by atoms with van der Waals surface area (Å²) in [4.78, 5) is 5.45. The Morgan fingerprint density at radius 2 is 0.606 bits per heavy atom. The third kappa shape index (κ3) is 10.2. The van der Waals surface area contributed by atoms with E-state index >= 15 is 0 Å². The van der Waals surface area contributed by atoms with Gasteiger partial charge in [0, 0.05) is 55.8 Å². The maximum Gasteiger partial charge on any atom is 0.252 e. The molecule has 16 aromatic carbocycles. The van der Waals surface area contributed by atoms with E-state index < -0.39 is 0 Å². The Hall–Kier alpha value is -12.0. The molecular weight excluding hydrogens is 1250 g/mol. The van der Waals surface area contributed by atoms with E-state index in [0.29, 0.717) is 0 Å². The molecule has 0 N–H and O–H groups in total. The Bertz CT molecular complexity index is 6030. The molecule has 0 spiro atoms. The van der Waals surface area contributed by atoms with Crippen LogP contribution < -0.4 is 26.2 Å². The minimum atomic E-state index is -0.255. The summed E-state index contributed by atoms with van der Waals surface area (Å²) in [6.07, 6.45) is 0. The van der Waals surface area contributed by atoms with Crippen molar-refractivity contribution in [2.45, 2.75) is 78.6 Å². The first-order valence-electron chi connectivity index (χ1n) is 36.9. The average molecular weight is 1330 g/mol. The van der Waals surface area contributed by atoms with Gasteiger partial charge in [-0.1, -0.05) is 311 Å². The van der Waals surface area contributed by atoms with Gasteiger partial charge in [0.15, 0.2) is 0 Å². The molecule has 19 rings (SSSR count). The second-order valence-electron chi connectivity index (χ2n) is 32.1. The monoisotopic (exact) mass is 1330 g/mol. The zero-order chi connectivity index (χ0) is 70.5. The van der Waals surface area contributed by atoms with Crippen LogP contribution in [0.5, 0.6) is 0 Å². The van der Waals surface area contributed by atoms with Gasteiger partial charge in [0.25, 0.3) is 6.71 Å². The molecule has 2 aliphatic heterocycles. The summed E-state index contributed by atoms with van der Waals surface area (Å²) in [6.45, 7) is 20.9. The van der Waals surface area contributed by atoms with Gasteiger partial charge in [-0.05, 0) is 199 Å². The van der Waals surface area contributed by atoms with Gasteiger partial charge in [-0.25, -0.2) is 0 Å². The van der Waals surface area contributed by atoms with Gasteiger partial charge < -0.3 is 14.4 Å². The molecule has 0 bridgehead atoms. The number of benzene rings is 16. The van der Waals surface area contributed by atoms with Gasteiger partial charge in [-0.3, -0.25) is 0 Å². The normalized spacial score (nSPS) is 13.0. The van der Waals surface area contributed by atoms with Crippen molar-refractivity contribution >= 4 is 111 Å². The third-order valence-corrected chi connectivity index (χ3v) is 22.5. The van der Waals surface area contributed by atoms with Crippen molar-refractivity contribution in [1.29, 1.82) is 0 Å². The van der Waals surface area contributed by atoms with Crippen LogP contribution >= 0.6 is 0 Å². The maximum atomic E-state index is 2.74. The average Bonchev–Trinajstić information content (AvgIpc) is 0.776. The van der Waals surface area contributed by atoms with Crippen molar-refractivity contribution in [2.24, 2.45) is 0 Å². The SMILES string of the molecule is CC(C)(C)c1cc(-c2ccccc2)c(N2c3ccc(-c4ccccc4)cc3B3c4ccc(-c5cc6ccc7cc(C(C)(C)C)cc8ccc(c5)c6c78)cc4N(c4c(-c5ccccc5)cc(C(C)(C)C)cc4-c4ccccc4)c4cc(-n5c6ccccc6c6ccccc65)cc2c43)c(-c2ccccc2)c1. The molecule has 0 saturated heterocycles. The van der Waals surface area contributed by atoms with Crippen molar-refractivity contribution in [3.8, 4) is 72.4 Å². The lowest BCUT2D eigenvalue weighted by atomic mass is 9.33. The number of nitrogens with zero attached hydrogens (tertiary/aromatic N) is 3. The fourth-order valence-corrected chi connectivity index (χ4v) is 17.2. The van der Waals surface area contributed by atoms with Crippen LogP contribution in [0.15, 0.2) is 322 Å². The van der Waals surface area contributed by atoms with Crippen LogP contribution in [0.25, 0.3) is 127 Å². The van der Waals surface area contributed by atoms with Crippen LogP contribution in [0.2, 0.25) is 0 Å². The van der Waals surface area contributed by atoms with Crippen LogP contribution in [-0.2, 0) is 16.2 Å². The van der Waals surface area contributed by atoms with E-state index in [1.54, 1.807) is 0 Å². The van der Waals surface area contributed by atoms with E-state index in [1.807, 2.05) is 0 Å². The molecule has 3 heterocycles. The molecule has 0 unspecified atom stereocenters. The number of hydrogen-bond acceptors (Lipinski definition) is 2. The molecule has 0 aliphatic carbocycles. The van der Waals surface area contributed by atoms with E-state index in [1.165, 1.54) is 104 Å². The van der Waals surface area contributed by atoms with Crippen molar-refractivity contribution in [1.82, 2.24) is 4.57 Å². The molecule has 0 saturated carbocycles. The minimum Gasteiger partial charge on any atom is -0.310 e. The molecule has 1 aromatic heterocycles. The minimum absolute atomic E-state index is 0.0183. The number of hydrogen-bond donors (Lipinski definition) is 0. The highest BCUT2D eigenvalue weighted by Gasteiger charge is 2.46. The van der Waals surface area contributed by atoms with E-state index in [-0.39, 0.29) is 23.0 Å². The lowest BCUT2D eigenvalue weighted by Crippen LogP contribution is -2.61. The van der Waals surface area contributed by atoms with Gasteiger partial charge >= 0.3 is 0 Å². The first-order valence-corrected chi connectivity index (χ1v) is 36.9. The summed E-state index contributed by atoms with van der Waals surface area (Å²) < 4.78 is 2.55. The summed E-state index contributed by atoms with van der Waals surface area (Å²) >= 11 is 0. The predicted octanol–water partition coefficient (Wildman–Crippen LogP) is 25.7. The Labute approximate surface area is 611 Å². The molecule has 4 heteroatoms. The van der Waals surface area contributed by atoms with Crippen LogP contribution in [0, 0.1) is 0 Å². The largest absolute Gasteiger partial charge is 0.310 e. The fourth-order valence-electron chi connectivity index (χ4n) is 17.2. The Kier molecular flexibility index (Phi) is 14.4. The number of para-hydroxylation sites is 2. The smallest absolute Gasteiger partial charge is 0.252 e. The lowest BCUT2D eigenvalue weighted by Gasteiger charge is -2.46. The van der Waals surface area contributed by atoms with E-state index in [4.69, 9.17) is 0 Å². The van der Waals surface area contributed by atoms with Crippen LogP contribution in [0.3, 0.4) is 0 Å². The quantitative estimate of drug-likeness (QED) is 0.105. The van der Waals surface area contributed by atoms with Crippen LogP contribution in [0.4, 0.5) is 34.1 Å². The zero-order valence-corrected chi connectivity index (χ0v) is 60.5. The summed E-state index contributed by atoms with van der Waals surface area (Å²) in [6, 6.07) is 123. The topological polar surface area (TPSA) is 11.4 Å². The highest BCUT2D eigenvalue weighted by molar-refractivity contribution is 7.00. The Morgan fingerprint density at radius 3 is 1.03 bits per heavy atom. The molecule has 0 radical (unpaired) electrons. The lowest BCUT2D eigenvalue weighted by molar-refractivity contribution is 0.590. The molecule has 3 nitrogen and oxygen atoms in total. The second kappa shape index (κ2) is 23.8. The number of anilines is 6. The molecule has 2 aliphatic rings. The summed E-state index contributed by atoms with van der Waals surface area (Å²) in [5, 5.41) is 10.1. The third-order valence-electron chi connectivity index (χ3n) is 22.5. The molecule has 498 valence electrons. The Balaban J connectivity index is 1.00. The van der Waals surface area contributed by atoms with E-state index in [0.717, 1.165) is 89.8 Å². The van der Waals surface area contributed by atoms with Crippen molar-refractivity contribution in [3.05, 3.63) is 338 Å². The molecule has 17 aromatic rings. The number of fused-ring (bicyclic) bond motifs is 7. The molecular formula is C100H80BN3. The molecule has 104 heavy (non-hydrogen) atoms. The summed E-state index contributed by atoms with van der Waals surface area (Å²) in [7, 11) is 0. The highest BCUT2D eigenvalue weighted by Crippen LogP contribution is 2.56. The molecule has 0 atom stereocenters. The van der Waals surface area contributed by atoms with Crippen molar-refractivity contribution in [3.63, 3.8) is 0 Å². The van der Waals surface area contributed by atoms with Crippen LogP contribution in [-0.4, -0.2) is 11.3 Å². The van der Waals surface area contributed by atoms with E-state index in [9.17, 15) is 0 Å². The molecule has 0 fully saturated rings. The van der Waals surface area contributed by atoms with Gasteiger partial charge in [-0.2, -0.15) is 0 Å². The zero-order valence-electron chi connectivity index (χ0n) is 60.5. The molecule has 0 amide bonds. The number of rotatable bonds is 9. The second-order valence-corrected chi connectivity index (χ2v) is 32.1. The van der Waals surface area contributed by atoms with Crippen LogP contribution in [0.1, 0.15) is 79.0 Å². The standard InChI is InChI=1S/C100H80BN3/c1-98(2,3)75-53-72-45-43-70-51-74(52-71-44-46-73(54-75)94(72)93(70)71)69-47-49-85-90(56-69)104(97-83(66-35-21-13-22-36-66)59-77(100(7,8)9)60-84(97)67-37-23-14-24-38-67)92-62-78(102-87-41-27-25-39-79(87)80-40-26-28-42-88(80)102)61-91-95(92)101(85)86-55-68(63-29-15-10-16-30-63)48-50-89(86)103(91)96-81(64-31-17-11-18-32-64)57-76(99(4,5)6)58-82(96)65-33-19-12-20-34-65/h10-62H,1-9H3. The first-order chi connectivity index (χ1) is 50.5. The van der Waals surface area contributed by atoms with Gasteiger partial charge in [0.1, 0.15) is 0 Å². The Morgan fingerprint density at radius 1 is 0.250 bits per heavy atom. The van der Waals surface area contributed by atoms with Gasteiger partial charge in [0.05, 0.1) is 28.1 Å². The van der Waals surface area contributed by atoms with Gasteiger partial charge in [-0.15, -0.1) is 0 Å². The fraction of sp³-hybridized carbons (Fsp3) is 0.120. The predicted molar refractivity (Wildman–Crippen MR) is 447 cm³/mol. The summed E-state index contributed by atoms with van der Waals surface area (Å²) in [5.41, 5.74) is 31.3. The first kappa shape index (κ1) is 63.0. The maximum absolute atomic E-state index is 2.74. The van der Waals surface area contributed by atoms with E-state index in [2.05, 4.69) is 398 Å². The summed E-state index contributed by atoms with van der Waals surface area (Å²) in [5.74, 6) is 0. The van der Waals surface area contributed by atoms with Gasteiger partial charge in [0.2, 0.25) is 0 Å². The van der Waals surface area contributed by atoms with Crippen molar-refractivity contribution < 1.29 is 0 Å². The number of aromatic nitrogens is 1. The highest BCUT2D eigenvalue weighted by atomic mass is 15.2.